The first-order valence-electron chi connectivity index (χ1n) is 13.3. The van der Waals surface area contributed by atoms with Crippen LogP contribution in [0.15, 0.2) is 42.5 Å². The summed E-state index contributed by atoms with van der Waals surface area (Å²) in [5.41, 5.74) is 2.72. The normalized spacial score (nSPS) is 13.9. The number of hydrogen-bond donors (Lipinski definition) is 1. The average Bonchev–Trinajstić information content (AvgIpc) is 3.19. The Hall–Kier alpha value is -3.32. The van der Waals surface area contributed by atoms with Gasteiger partial charge in [-0.05, 0) is 74.2 Å². The third-order valence-corrected chi connectivity index (χ3v) is 7.74. The lowest BCUT2D eigenvalue weighted by molar-refractivity contribution is -0.131. The zero-order valence-electron chi connectivity index (χ0n) is 22.4. The standard InChI is InChI=1S/C30H36ClN3O4/c1-20-26(19-29(36)32-16-7-17-33(21(2)35)24-8-5-4-6-9-24)27-18-25(38-3)14-15-28(27)34(20)30(37)22-10-12-23(31)13-11-22/h10-15,18,24H,4-9,16-17,19H2,1-3H3,(H,32,36). The molecule has 0 atom stereocenters. The van der Waals surface area contributed by atoms with E-state index in [0.717, 1.165) is 29.3 Å². The zero-order chi connectivity index (χ0) is 27.2. The molecule has 1 heterocycles. The molecule has 1 N–H and O–H groups in total. The summed E-state index contributed by atoms with van der Waals surface area (Å²) in [6.07, 6.45) is 6.54. The molecule has 1 fully saturated rings. The van der Waals surface area contributed by atoms with Gasteiger partial charge in [0.2, 0.25) is 11.8 Å². The molecule has 0 saturated heterocycles. The maximum atomic E-state index is 13.5. The second-order valence-electron chi connectivity index (χ2n) is 9.98. The number of nitrogens with one attached hydrogen (secondary N) is 1. The van der Waals surface area contributed by atoms with Gasteiger partial charge in [-0.2, -0.15) is 0 Å². The molecular weight excluding hydrogens is 502 g/mol. The van der Waals surface area contributed by atoms with E-state index in [1.807, 2.05) is 30.0 Å². The Kier molecular flexibility index (Phi) is 9.10. The number of carbonyl (C=O) groups excluding carboxylic acids is 3. The minimum atomic E-state index is -0.187. The Labute approximate surface area is 229 Å². The fraction of sp³-hybridized carbons (Fsp3) is 0.433. The molecule has 1 aliphatic carbocycles. The number of fused-ring (bicyclic) bond motifs is 1. The summed E-state index contributed by atoms with van der Waals surface area (Å²) in [7, 11) is 1.59. The van der Waals surface area contributed by atoms with Gasteiger partial charge in [0.1, 0.15) is 5.75 Å². The molecule has 0 aliphatic heterocycles. The fourth-order valence-corrected chi connectivity index (χ4v) is 5.61. The van der Waals surface area contributed by atoms with Gasteiger partial charge in [0.25, 0.3) is 5.91 Å². The number of rotatable bonds is 9. The van der Waals surface area contributed by atoms with Gasteiger partial charge in [0, 0.05) is 47.7 Å². The quantitative estimate of drug-likeness (QED) is 0.364. The summed E-state index contributed by atoms with van der Waals surface area (Å²) in [4.78, 5) is 40.6. The summed E-state index contributed by atoms with van der Waals surface area (Å²) >= 11 is 6.01. The lowest BCUT2D eigenvalue weighted by Crippen LogP contribution is -2.41. The second kappa shape index (κ2) is 12.5. The molecule has 1 saturated carbocycles. The number of halogens is 1. The van der Waals surface area contributed by atoms with Crippen molar-refractivity contribution >= 4 is 40.2 Å². The number of nitrogens with zero attached hydrogens (tertiary/aromatic N) is 2. The van der Waals surface area contributed by atoms with Gasteiger partial charge in [-0.15, -0.1) is 0 Å². The number of benzene rings is 2. The van der Waals surface area contributed by atoms with Crippen molar-refractivity contribution in [1.82, 2.24) is 14.8 Å². The molecule has 2 amide bonds. The Balaban J connectivity index is 1.48. The van der Waals surface area contributed by atoms with E-state index in [-0.39, 0.29) is 24.1 Å². The van der Waals surface area contributed by atoms with Crippen molar-refractivity contribution in [2.75, 3.05) is 20.2 Å². The molecule has 4 rings (SSSR count). The minimum absolute atomic E-state index is 0.103. The predicted molar refractivity (Wildman–Crippen MR) is 150 cm³/mol. The summed E-state index contributed by atoms with van der Waals surface area (Å²) < 4.78 is 7.07. The van der Waals surface area contributed by atoms with Crippen molar-refractivity contribution in [2.45, 2.75) is 64.8 Å². The van der Waals surface area contributed by atoms with Crippen molar-refractivity contribution in [1.29, 1.82) is 0 Å². The molecule has 38 heavy (non-hydrogen) atoms. The number of hydrogen-bond acceptors (Lipinski definition) is 4. The van der Waals surface area contributed by atoms with Crippen molar-refractivity contribution in [3.8, 4) is 5.75 Å². The molecule has 3 aromatic rings. The van der Waals surface area contributed by atoms with Crippen LogP contribution in [0.4, 0.5) is 0 Å². The number of carbonyl (C=O) groups is 3. The van der Waals surface area contributed by atoms with Crippen LogP contribution in [-0.2, 0) is 16.0 Å². The van der Waals surface area contributed by atoms with Crippen molar-refractivity contribution < 1.29 is 19.1 Å². The molecule has 8 heteroatoms. The molecule has 0 radical (unpaired) electrons. The lowest BCUT2D eigenvalue weighted by Gasteiger charge is -2.33. The van der Waals surface area contributed by atoms with Crippen LogP contribution in [0, 0.1) is 6.92 Å². The van der Waals surface area contributed by atoms with Crippen LogP contribution in [0.5, 0.6) is 5.75 Å². The van der Waals surface area contributed by atoms with Crippen LogP contribution < -0.4 is 10.1 Å². The Morgan fingerprint density at radius 2 is 1.79 bits per heavy atom. The van der Waals surface area contributed by atoms with Crippen LogP contribution in [0.3, 0.4) is 0 Å². The predicted octanol–water partition coefficient (Wildman–Crippen LogP) is 5.53. The van der Waals surface area contributed by atoms with Crippen molar-refractivity contribution in [2.24, 2.45) is 0 Å². The zero-order valence-corrected chi connectivity index (χ0v) is 23.1. The monoisotopic (exact) mass is 537 g/mol. The molecule has 2 aromatic carbocycles. The summed E-state index contributed by atoms with van der Waals surface area (Å²) in [5, 5.41) is 4.37. The highest BCUT2D eigenvalue weighted by atomic mass is 35.5. The molecule has 0 spiro atoms. The van der Waals surface area contributed by atoms with Crippen molar-refractivity contribution in [3.63, 3.8) is 0 Å². The first-order chi connectivity index (χ1) is 18.3. The highest BCUT2D eigenvalue weighted by Gasteiger charge is 2.24. The maximum Gasteiger partial charge on any atom is 0.262 e. The number of aromatic nitrogens is 1. The van der Waals surface area contributed by atoms with Crippen LogP contribution in [0.2, 0.25) is 5.02 Å². The molecule has 0 unspecified atom stereocenters. The molecule has 202 valence electrons. The van der Waals surface area contributed by atoms with E-state index in [1.54, 1.807) is 42.9 Å². The van der Waals surface area contributed by atoms with E-state index in [9.17, 15) is 14.4 Å². The first kappa shape index (κ1) is 27.7. The smallest absolute Gasteiger partial charge is 0.262 e. The molecular formula is C30H36ClN3O4. The van der Waals surface area contributed by atoms with Gasteiger partial charge in [-0.3, -0.25) is 19.0 Å². The Bertz CT molecular complexity index is 1310. The van der Waals surface area contributed by atoms with Crippen molar-refractivity contribution in [3.05, 3.63) is 64.3 Å². The van der Waals surface area contributed by atoms with E-state index >= 15 is 0 Å². The first-order valence-corrected chi connectivity index (χ1v) is 13.7. The SMILES string of the molecule is COc1ccc2c(c1)c(CC(=O)NCCCN(C(C)=O)C1CCCCC1)c(C)n2C(=O)c1ccc(Cl)cc1. The number of methoxy groups -OCH3 is 1. The van der Waals surface area contributed by atoms with Gasteiger partial charge in [0.05, 0.1) is 19.0 Å². The van der Waals surface area contributed by atoms with Gasteiger partial charge < -0.3 is 15.0 Å². The fourth-order valence-electron chi connectivity index (χ4n) is 5.49. The minimum Gasteiger partial charge on any atom is -0.497 e. The van der Waals surface area contributed by atoms with Gasteiger partial charge in [-0.1, -0.05) is 30.9 Å². The lowest BCUT2D eigenvalue weighted by atomic mass is 9.94. The highest BCUT2D eigenvalue weighted by Crippen LogP contribution is 2.31. The average molecular weight is 538 g/mol. The molecule has 1 aromatic heterocycles. The topological polar surface area (TPSA) is 80.6 Å². The third-order valence-electron chi connectivity index (χ3n) is 7.49. The van der Waals surface area contributed by atoms with Crippen LogP contribution in [0.25, 0.3) is 10.9 Å². The van der Waals surface area contributed by atoms with Gasteiger partial charge in [0.15, 0.2) is 0 Å². The van der Waals surface area contributed by atoms with Gasteiger partial charge in [-0.25, -0.2) is 0 Å². The van der Waals surface area contributed by atoms with E-state index in [0.29, 0.717) is 47.6 Å². The van der Waals surface area contributed by atoms with E-state index in [4.69, 9.17) is 16.3 Å². The number of amides is 2. The van der Waals surface area contributed by atoms with Crippen LogP contribution in [0.1, 0.15) is 67.1 Å². The van der Waals surface area contributed by atoms with E-state index in [2.05, 4.69) is 5.32 Å². The van der Waals surface area contributed by atoms with E-state index in [1.165, 1.54) is 19.3 Å². The highest BCUT2D eigenvalue weighted by molar-refractivity contribution is 6.30. The Morgan fingerprint density at radius 3 is 2.45 bits per heavy atom. The molecule has 7 nitrogen and oxygen atoms in total. The Morgan fingerprint density at radius 1 is 1.08 bits per heavy atom. The van der Waals surface area contributed by atoms with Gasteiger partial charge >= 0.3 is 0 Å². The number of ether oxygens (including phenoxy) is 1. The maximum absolute atomic E-state index is 13.5. The van der Waals surface area contributed by atoms with E-state index < -0.39 is 0 Å². The molecule has 1 aliphatic rings. The second-order valence-corrected chi connectivity index (χ2v) is 10.4. The summed E-state index contributed by atoms with van der Waals surface area (Å²) in [6.45, 7) is 4.62. The summed E-state index contributed by atoms with van der Waals surface area (Å²) in [5.74, 6) is 0.447. The van der Waals surface area contributed by atoms with Crippen LogP contribution in [-0.4, -0.2) is 53.4 Å². The van der Waals surface area contributed by atoms with Crippen LogP contribution >= 0.6 is 11.6 Å². The molecule has 0 bridgehead atoms. The third kappa shape index (κ3) is 6.21. The summed E-state index contributed by atoms with van der Waals surface area (Å²) in [6, 6.07) is 12.6. The largest absolute Gasteiger partial charge is 0.497 e.